The van der Waals surface area contributed by atoms with E-state index in [0.29, 0.717) is 26.7 Å². The summed E-state index contributed by atoms with van der Waals surface area (Å²) in [7, 11) is 0. The van der Waals surface area contributed by atoms with E-state index >= 15 is 0 Å². The Bertz CT molecular complexity index is 1340. The van der Waals surface area contributed by atoms with Gasteiger partial charge in [0.05, 0.1) is 11.7 Å². The average Bonchev–Trinajstić information content (AvgIpc) is 3.41. The van der Waals surface area contributed by atoms with E-state index in [4.69, 9.17) is 16.6 Å². The molecule has 0 saturated carbocycles. The molecule has 1 saturated heterocycles. The molecule has 5 rings (SSSR count). The van der Waals surface area contributed by atoms with Crippen LogP contribution in [0.5, 0.6) is 0 Å². The molecule has 2 atom stereocenters. The van der Waals surface area contributed by atoms with Gasteiger partial charge in [-0.3, -0.25) is 4.98 Å². The van der Waals surface area contributed by atoms with Crippen LogP contribution in [0.25, 0.3) is 11.3 Å². The second kappa shape index (κ2) is 8.68. The van der Waals surface area contributed by atoms with Crippen LogP contribution >= 0.6 is 28.1 Å². The van der Waals surface area contributed by atoms with Crippen molar-refractivity contribution in [3.05, 3.63) is 106 Å². The molecule has 3 heterocycles. The fraction of sp³-hybridized carbons (Fsp3) is 0.120. The SMILES string of the molecule is Cc1cc(N2C(=S)NC(c3ccccn3)C2c2ccc(-c3ccc(F)cc3Br)o2)ccc1F. The van der Waals surface area contributed by atoms with Crippen molar-refractivity contribution < 1.29 is 13.2 Å². The van der Waals surface area contributed by atoms with Crippen LogP contribution in [-0.4, -0.2) is 10.1 Å². The van der Waals surface area contributed by atoms with Gasteiger partial charge in [-0.1, -0.05) is 6.07 Å². The van der Waals surface area contributed by atoms with E-state index in [1.165, 1.54) is 18.2 Å². The Morgan fingerprint density at radius 2 is 1.91 bits per heavy atom. The molecule has 2 aromatic carbocycles. The van der Waals surface area contributed by atoms with Gasteiger partial charge in [-0.2, -0.15) is 0 Å². The number of benzene rings is 2. The number of anilines is 1. The first-order chi connectivity index (χ1) is 15.9. The van der Waals surface area contributed by atoms with Crippen molar-refractivity contribution in [1.82, 2.24) is 10.3 Å². The number of pyridine rings is 1. The number of hydrogen-bond acceptors (Lipinski definition) is 3. The van der Waals surface area contributed by atoms with Crippen LogP contribution in [0, 0.1) is 18.6 Å². The quantitative estimate of drug-likeness (QED) is 0.294. The molecule has 4 aromatic rings. The van der Waals surface area contributed by atoms with E-state index < -0.39 is 0 Å². The van der Waals surface area contributed by atoms with Crippen LogP contribution in [-0.2, 0) is 0 Å². The molecule has 8 heteroatoms. The molecular formula is C25H18BrF2N3OS. The highest BCUT2D eigenvalue weighted by Gasteiger charge is 2.42. The fourth-order valence-corrected chi connectivity index (χ4v) is 4.94. The predicted octanol–water partition coefficient (Wildman–Crippen LogP) is 6.87. The van der Waals surface area contributed by atoms with Crippen LogP contribution in [0.3, 0.4) is 0 Å². The second-order valence-corrected chi connectivity index (χ2v) is 9.00. The van der Waals surface area contributed by atoms with Gasteiger partial charge in [0.2, 0.25) is 0 Å². The van der Waals surface area contributed by atoms with Crippen molar-refractivity contribution in [2.75, 3.05) is 4.90 Å². The summed E-state index contributed by atoms with van der Waals surface area (Å²) in [4.78, 5) is 6.44. The molecular weight excluding hydrogens is 508 g/mol. The van der Waals surface area contributed by atoms with Crippen molar-refractivity contribution in [3.8, 4) is 11.3 Å². The Kier molecular flexibility index (Phi) is 5.72. The summed E-state index contributed by atoms with van der Waals surface area (Å²) in [6, 6.07) is 18.1. The third kappa shape index (κ3) is 4.05. The van der Waals surface area contributed by atoms with Crippen LogP contribution < -0.4 is 10.2 Å². The summed E-state index contributed by atoms with van der Waals surface area (Å²) >= 11 is 9.10. The molecule has 33 heavy (non-hydrogen) atoms. The summed E-state index contributed by atoms with van der Waals surface area (Å²) in [6.45, 7) is 1.72. The number of nitrogens with zero attached hydrogens (tertiary/aromatic N) is 2. The zero-order chi connectivity index (χ0) is 23.1. The highest BCUT2D eigenvalue weighted by molar-refractivity contribution is 9.10. The first-order valence-electron chi connectivity index (χ1n) is 10.2. The Balaban J connectivity index is 1.61. The number of aryl methyl sites for hydroxylation is 1. The maximum Gasteiger partial charge on any atom is 0.174 e. The average molecular weight is 526 g/mol. The zero-order valence-electron chi connectivity index (χ0n) is 17.4. The molecule has 2 unspecified atom stereocenters. The van der Waals surface area contributed by atoms with Crippen molar-refractivity contribution in [1.29, 1.82) is 0 Å². The van der Waals surface area contributed by atoms with Crippen molar-refractivity contribution in [3.63, 3.8) is 0 Å². The van der Waals surface area contributed by atoms with Gasteiger partial charge in [0.1, 0.15) is 29.2 Å². The predicted molar refractivity (Wildman–Crippen MR) is 131 cm³/mol. The maximum atomic E-state index is 14.0. The van der Waals surface area contributed by atoms with E-state index in [2.05, 4.69) is 26.2 Å². The number of thiocarbonyl (C=S) groups is 1. The Morgan fingerprint density at radius 1 is 1.06 bits per heavy atom. The van der Waals surface area contributed by atoms with Crippen LogP contribution in [0.4, 0.5) is 14.5 Å². The molecule has 4 nitrogen and oxygen atoms in total. The van der Waals surface area contributed by atoms with Gasteiger partial charge in [0.15, 0.2) is 5.11 Å². The highest BCUT2D eigenvalue weighted by Crippen LogP contribution is 2.43. The van der Waals surface area contributed by atoms with Gasteiger partial charge >= 0.3 is 0 Å². The number of nitrogens with one attached hydrogen (secondary N) is 1. The van der Waals surface area contributed by atoms with Crippen molar-refractivity contribution in [2.45, 2.75) is 19.0 Å². The minimum Gasteiger partial charge on any atom is -0.459 e. The Labute approximate surface area is 203 Å². The van der Waals surface area contributed by atoms with E-state index in [0.717, 1.165) is 16.9 Å². The van der Waals surface area contributed by atoms with Gasteiger partial charge in [-0.25, -0.2) is 8.78 Å². The molecule has 166 valence electrons. The van der Waals surface area contributed by atoms with Crippen molar-refractivity contribution >= 4 is 38.9 Å². The summed E-state index contributed by atoms with van der Waals surface area (Å²) in [5.41, 5.74) is 2.79. The maximum absolute atomic E-state index is 14.0. The first-order valence-corrected chi connectivity index (χ1v) is 11.4. The van der Waals surface area contributed by atoms with Crippen molar-refractivity contribution in [2.24, 2.45) is 0 Å². The summed E-state index contributed by atoms with van der Waals surface area (Å²) in [5.74, 6) is 0.614. The molecule has 1 N–H and O–H groups in total. The normalized spacial score (nSPS) is 17.9. The standard InChI is InChI=1S/C25H18BrF2N3OS/c1-14-12-16(6-8-19(14)28)31-24(23(30-25(31)33)20-4-2-3-11-29-20)22-10-9-21(32-22)17-7-5-15(27)13-18(17)26/h2-13,23-24H,1H3,(H,30,33). The topological polar surface area (TPSA) is 41.3 Å². The van der Waals surface area contributed by atoms with E-state index in [9.17, 15) is 8.78 Å². The molecule has 0 aliphatic carbocycles. The molecule has 2 aromatic heterocycles. The number of rotatable bonds is 4. The fourth-order valence-electron chi connectivity index (χ4n) is 4.05. The molecule has 1 fully saturated rings. The van der Waals surface area contributed by atoms with Crippen LogP contribution in [0.2, 0.25) is 0 Å². The molecule has 0 bridgehead atoms. The Hall–Kier alpha value is -3.10. The number of furan rings is 1. The van der Waals surface area contributed by atoms with E-state index in [1.54, 1.807) is 31.3 Å². The van der Waals surface area contributed by atoms with Gasteiger partial charge in [0.25, 0.3) is 0 Å². The monoisotopic (exact) mass is 525 g/mol. The minimum absolute atomic E-state index is 0.281. The van der Waals surface area contributed by atoms with Crippen LogP contribution in [0.1, 0.15) is 29.1 Å². The van der Waals surface area contributed by atoms with Gasteiger partial charge in [0, 0.05) is 21.9 Å². The summed E-state index contributed by atoms with van der Waals surface area (Å²) < 4.78 is 34.4. The lowest BCUT2D eigenvalue weighted by Crippen LogP contribution is -2.29. The van der Waals surface area contributed by atoms with Gasteiger partial charge in [-0.05, 0) is 101 Å². The summed E-state index contributed by atoms with van der Waals surface area (Å²) in [5, 5.41) is 3.84. The molecule has 0 amide bonds. The molecule has 1 aliphatic rings. The van der Waals surface area contributed by atoms with E-state index in [-0.39, 0.29) is 23.7 Å². The minimum atomic E-state index is -0.370. The molecule has 1 aliphatic heterocycles. The number of aromatic nitrogens is 1. The number of halogens is 3. The molecule has 0 radical (unpaired) electrons. The largest absolute Gasteiger partial charge is 0.459 e. The lowest BCUT2D eigenvalue weighted by molar-refractivity contribution is 0.439. The lowest BCUT2D eigenvalue weighted by atomic mass is 10.0. The van der Waals surface area contributed by atoms with E-state index in [1.807, 2.05) is 35.2 Å². The van der Waals surface area contributed by atoms with Gasteiger partial charge in [-0.15, -0.1) is 0 Å². The van der Waals surface area contributed by atoms with Gasteiger partial charge < -0.3 is 14.6 Å². The van der Waals surface area contributed by atoms with Crippen LogP contribution in [0.15, 0.2) is 81.8 Å². The zero-order valence-corrected chi connectivity index (χ0v) is 19.8. The highest BCUT2D eigenvalue weighted by atomic mass is 79.9. The first kappa shape index (κ1) is 21.7. The Morgan fingerprint density at radius 3 is 2.64 bits per heavy atom. The smallest absolute Gasteiger partial charge is 0.174 e. The second-order valence-electron chi connectivity index (χ2n) is 7.76. The lowest BCUT2D eigenvalue weighted by Gasteiger charge is -2.26. The third-order valence-corrected chi connectivity index (χ3v) is 6.60. The third-order valence-electron chi connectivity index (χ3n) is 5.63. The number of hydrogen-bond donors (Lipinski definition) is 1. The molecule has 0 spiro atoms. The summed E-state index contributed by atoms with van der Waals surface area (Å²) in [6.07, 6.45) is 1.73.